The molecule has 1 atom stereocenters. The largest absolute Gasteiger partial charge is 0.372 e. The molecule has 2 heterocycles. The maximum atomic E-state index is 4.76. The summed E-state index contributed by atoms with van der Waals surface area (Å²) < 4.78 is 2.15. The molecule has 6 nitrogen and oxygen atoms in total. The van der Waals surface area contributed by atoms with Gasteiger partial charge in [-0.15, -0.1) is 0 Å². The molecular formula is C23H34N6. The number of aromatic nitrogens is 2. The molecule has 2 N–H and O–H groups in total. The highest BCUT2D eigenvalue weighted by molar-refractivity contribution is 5.80. The van der Waals surface area contributed by atoms with Crippen LogP contribution in [0, 0.1) is 0 Å². The number of benzene rings is 1. The zero-order chi connectivity index (χ0) is 20.1. The van der Waals surface area contributed by atoms with Crippen molar-refractivity contribution in [3.8, 4) is 0 Å². The summed E-state index contributed by atoms with van der Waals surface area (Å²) in [7, 11) is 1.82. The smallest absolute Gasteiger partial charge is 0.191 e. The fourth-order valence-corrected chi connectivity index (χ4v) is 4.47. The highest BCUT2D eigenvalue weighted by Crippen LogP contribution is 2.28. The molecule has 4 rings (SSSR count). The van der Waals surface area contributed by atoms with Crippen LogP contribution >= 0.6 is 0 Å². The third-order valence-electron chi connectivity index (χ3n) is 6.22. The van der Waals surface area contributed by atoms with Crippen LogP contribution in [0.5, 0.6) is 0 Å². The minimum atomic E-state index is 0.180. The molecule has 1 saturated heterocycles. The van der Waals surface area contributed by atoms with Gasteiger partial charge in [0.1, 0.15) is 0 Å². The van der Waals surface area contributed by atoms with Gasteiger partial charge in [0.15, 0.2) is 5.96 Å². The van der Waals surface area contributed by atoms with E-state index in [1.807, 2.05) is 7.05 Å². The minimum absolute atomic E-state index is 0.180. The summed E-state index contributed by atoms with van der Waals surface area (Å²) in [5, 5.41) is 11.7. The van der Waals surface area contributed by atoms with E-state index in [4.69, 9.17) is 5.10 Å². The zero-order valence-corrected chi connectivity index (χ0v) is 17.8. The first-order valence-corrected chi connectivity index (χ1v) is 11.1. The molecule has 1 unspecified atom stereocenters. The summed E-state index contributed by atoms with van der Waals surface area (Å²) in [6, 6.07) is 11.8. The predicted molar refractivity (Wildman–Crippen MR) is 119 cm³/mol. The zero-order valence-electron chi connectivity index (χ0n) is 17.8. The molecule has 29 heavy (non-hydrogen) atoms. The van der Waals surface area contributed by atoms with Crippen LogP contribution < -0.4 is 15.5 Å². The second-order valence-corrected chi connectivity index (χ2v) is 8.31. The van der Waals surface area contributed by atoms with Crippen molar-refractivity contribution >= 4 is 11.6 Å². The van der Waals surface area contributed by atoms with E-state index in [2.05, 4.69) is 68.7 Å². The van der Waals surface area contributed by atoms with Crippen molar-refractivity contribution in [2.45, 2.75) is 64.1 Å². The molecule has 156 valence electrons. The Labute approximate surface area is 174 Å². The molecule has 1 aromatic carbocycles. The number of hydrogen-bond donors (Lipinski definition) is 2. The van der Waals surface area contributed by atoms with Gasteiger partial charge >= 0.3 is 0 Å². The molecule has 2 fully saturated rings. The summed E-state index contributed by atoms with van der Waals surface area (Å²) in [5.74, 6) is 0.805. The Balaban J connectivity index is 1.32. The van der Waals surface area contributed by atoms with Crippen molar-refractivity contribution in [3.05, 3.63) is 47.8 Å². The lowest BCUT2D eigenvalue weighted by Crippen LogP contribution is -2.38. The van der Waals surface area contributed by atoms with Crippen LogP contribution in [0.4, 0.5) is 5.69 Å². The number of rotatable bonds is 6. The molecule has 0 amide bonds. The lowest BCUT2D eigenvalue weighted by Gasteiger charge is -2.22. The van der Waals surface area contributed by atoms with Gasteiger partial charge in [0, 0.05) is 32.0 Å². The van der Waals surface area contributed by atoms with Crippen LogP contribution in [0.15, 0.2) is 41.5 Å². The van der Waals surface area contributed by atoms with Crippen LogP contribution in [0.25, 0.3) is 0 Å². The van der Waals surface area contributed by atoms with E-state index >= 15 is 0 Å². The fraction of sp³-hybridized carbons (Fsp3) is 0.565. The second kappa shape index (κ2) is 9.33. The lowest BCUT2D eigenvalue weighted by molar-refractivity contribution is 0.462. The first-order valence-electron chi connectivity index (χ1n) is 11.1. The number of hydrogen-bond acceptors (Lipinski definition) is 3. The van der Waals surface area contributed by atoms with Gasteiger partial charge in [0.25, 0.3) is 0 Å². The van der Waals surface area contributed by atoms with Crippen molar-refractivity contribution < 1.29 is 0 Å². The van der Waals surface area contributed by atoms with E-state index in [-0.39, 0.29) is 6.04 Å². The van der Waals surface area contributed by atoms with Crippen molar-refractivity contribution in [2.24, 2.45) is 4.99 Å². The lowest BCUT2D eigenvalue weighted by atomic mass is 10.1. The van der Waals surface area contributed by atoms with Gasteiger partial charge in [-0.3, -0.25) is 9.67 Å². The highest BCUT2D eigenvalue weighted by atomic mass is 15.3. The molecule has 1 aliphatic carbocycles. The summed E-state index contributed by atoms with van der Waals surface area (Å²) >= 11 is 0. The molecule has 6 heteroatoms. The van der Waals surface area contributed by atoms with Crippen molar-refractivity contribution in [3.63, 3.8) is 0 Å². The third-order valence-corrected chi connectivity index (χ3v) is 6.22. The van der Waals surface area contributed by atoms with Gasteiger partial charge in [0.2, 0.25) is 0 Å². The standard InChI is InChI=1S/C23H34N6/c1-18(19-8-7-11-22(16-19)28-13-5-6-14-28)26-23(24-2)25-17-20-12-15-29(27-20)21-9-3-4-10-21/h7-8,11-12,15-16,18,21H,3-6,9-10,13-14,17H2,1-2H3,(H2,24,25,26). The van der Waals surface area contributed by atoms with Crippen LogP contribution in [0.1, 0.15) is 68.8 Å². The van der Waals surface area contributed by atoms with E-state index in [0.29, 0.717) is 12.6 Å². The molecule has 0 spiro atoms. The number of aliphatic imine (C=N–C) groups is 1. The van der Waals surface area contributed by atoms with Gasteiger partial charge in [-0.05, 0) is 56.4 Å². The quantitative estimate of drug-likeness (QED) is 0.574. The molecule has 1 aromatic heterocycles. The first kappa shape index (κ1) is 19.8. The fourth-order valence-electron chi connectivity index (χ4n) is 4.47. The summed E-state index contributed by atoms with van der Waals surface area (Å²) in [6.45, 7) is 5.20. The average molecular weight is 395 g/mol. The molecule has 1 aliphatic heterocycles. The van der Waals surface area contributed by atoms with Gasteiger partial charge in [-0.1, -0.05) is 25.0 Å². The molecule has 2 aliphatic rings. The van der Waals surface area contributed by atoms with Gasteiger partial charge in [0.05, 0.1) is 24.3 Å². The average Bonchev–Trinajstić information content (AvgIpc) is 3.52. The molecule has 2 aromatic rings. The topological polar surface area (TPSA) is 57.5 Å². The minimum Gasteiger partial charge on any atom is -0.372 e. The van der Waals surface area contributed by atoms with Crippen LogP contribution in [0.2, 0.25) is 0 Å². The summed E-state index contributed by atoms with van der Waals surface area (Å²) in [6.07, 6.45) is 9.88. The molecule has 0 bridgehead atoms. The van der Waals surface area contributed by atoms with Crippen LogP contribution in [-0.2, 0) is 6.54 Å². The molecular weight excluding hydrogens is 360 g/mol. The van der Waals surface area contributed by atoms with Crippen LogP contribution in [-0.4, -0.2) is 35.9 Å². The van der Waals surface area contributed by atoms with Crippen molar-refractivity contribution in [2.75, 3.05) is 25.0 Å². The van der Waals surface area contributed by atoms with E-state index < -0.39 is 0 Å². The summed E-state index contributed by atoms with van der Waals surface area (Å²) in [5.41, 5.74) is 3.67. The number of nitrogens with one attached hydrogen (secondary N) is 2. The Bertz CT molecular complexity index is 814. The van der Waals surface area contributed by atoms with Gasteiger partial charge in [-0.25, -0.2) is 0 Å². The molecule has 0 radical (unpaired) electrons. The predicted octanol–water partition coefficient (Wildman–Crippen LogP) is 4.02. The summed E-state index contributed by atoms with van der Waals surface area (Å²) in [4.78, 5) is 6.88. The van der Waals surface area contributed by atoms with E-state index in [1.54, 1.807) is 0 Å². The van der Waals surface area contributed by atoms with Gasteiger partial charge in [-0.2, -0.15) is 5.10 Å². The van der Waals surface area contributed by atoms with E-state index in [0.717, 1.165) is 11.7 Å². The molecule has 1 saturated carbocycles. The van der Waals surface area contributed by atoms with E-state index in [9.17, 15) is 0 Å². The monoisotopic (exact) mass is 394 g/mol. The third kappa shape index (κ3) is 4.92. The maximum absolute atomic E-state index is 4.76. The second-order valence-electron chi connectivity index (χ2n) is 8.31. The Hall–Kier alpha value is -2.50. The Morgan fingerprint density at radius 1 is 1.17 bits per heavy atom. The number of nitrogens with zero attached hydrogens (tertiary/aromatic N) is 4. The number of guanidine groups is 1. The maximum Gasteiger partial charge on any atom is 0.191 e. The highest BCUT2D eigenvalue weighted by Gasteiger charge is 2.18. The SMILES string of the molecule is CN=C(NCc1ccn(C2CCCC2)n1)NC(C)c1cccc(N2CCCC2)c1. The van der Waals surface area contributed by atoms with Crippen molar-refractivity contribution in [1.29, 1.82) is 0 Å². The van der Waals surface area contributed by atoms with Crippen LogP contribution in [0.3, 0.4) is 0 Å². The Morgan fingerprint density at radius 2 is 1.97 bits per heavy atom. The normalized spacial score (nSPS) is 19.0. The van der Waals surface area contributed by atoms with Crippen molar-refractivity contribution in [1.82, 2.24) is 20.4 Å². The number of anilines is 1. The van der Waals surface area contributed by atoms with Gasteiger partial charge < -0.3 is 15.5 Å². The Morgan fingerprint density at radius 3 is 2.72 bits per heavy atom. The van der Waals surface area contributed by atoms with E-state index in [1.165, 1.54) is 62.9 Å². The Kier molecular flexibility index (Phi) is 6.37. The first-order chi connectivity index (χ1) is 14.2.